The van der Waals surface area contributed by atoms with E-state index in [2.05, 4.69) is 4.98 Å². The zero-order valence-corrected chi connectivity index (χ0v) is 24.9. The lowest BCUT2D eigenvalue weighted by molar-refractivity contribution is -0.141. The minimum Gasteiger partial charge on any atom is -0.481 e. The molecule has 1 aromatic carbocycles. The maximum absolute atomic E-state index is 13.9. The fourth-order valence-corrected chi connectivity index (χ4v) is 7.27. The molecule has 1 saturated heterocycles. The maximum Gasteiger partial charge on any atom is 0.416 e. The summed E-state index contributed by atoms with van der Waals surface area (Å²) in [5.41, 5.74) is 0.744. The summed E-state index contributed by atoms with van der Waals surface area (Å²) in [6.45, 7) is 0.572. The molecule has 6 rings (SSSR count). The van der Waals surface area contributed by atoms with Crippen LogP contribution in [0.4, 0.5) is 24.1 Å². The number of aromatic nitrogens is 2. The SMILES string of the molecule is O=C(O)CC(CC1CCCC1)C(=O)N(c1nc(-c2cc(C(F)(F)F)ccc2-c2ccc(N3CCCC3=O)nc2)cs1)C1CC1. The molecule has 3 aliphatic rings. The average Bonchev–Trinajstić information content (AvgIpc) is 3.33. The van der Waals surface area contributed by atoms with E-state index >= 15 is 0 Å². The Morgan fingerprint density at radius 2 is 1.84 bits per heavy atom. The third-order valence-corrected chi connectivity index (χ3v) is 9.58. The van der Waals surface area contributed by atoms with Crippen molar-refractivity contribution in [2.75, 3.05) is 16.3 Å². The number of hydrogen-bond acceptors (Lipinski definition) is 6. The smallest absolute Gasteiger partial charge is 0.416 e. The van der Waals surface area contributed by atoms with Gasteiger partial charge in [-0.3, -0.25) is 24.2 Å². The summed E-state index contributed by atoms with van der Waals surface area (Å²) in [7, 11) is 0. The Morgan fingerprint density at radius 3 is 2.45 bits per heavy atom. The fraction of sp³-hybridized carbons (Fsp3) is 0.469. The number of aliphatic carboxylic acids is 1. The molecule has 3 fully saturated rings. The summed E-state index contributed by atoms with van der Waals surface area (Å²) < 4.78 is 41.5. The summed E-state index contributed by atoms with van der Waals surface area (Å²) in [5, 5.41) is 11.6. The summed E-state index contributed by atoms with van der Waals surface area (Å²) in [5.74, 6) is -1.19. The third-order valence-electron chi connectivity index (χ3n) is 8.74. The van der Waals surface area contributed by atoms with Crippen molar-refractivity contribution in [2.24, 2.45) is 11.8 Å². The van der Waals surface area contributed by atoms with Gasteiger partial charge in [-0.15, -0.1) is 11.3 Å². The van der Waals surface area contributed by atoms with Crippen LogP contribution in [0.5, 0.6) is 0 Å². The van der Waals surface area contributed by atoms with Crippen LogP contribution in [0.15, 0.2) is 41.9 Å². The fourth-order valence-electron chi connectivity index (χ4n) is 6.37. The molecule has 44 heavy (non-hydrogen) atoms. The van der Waals surface area contributed by atoms with E-state index in [4.69, 9.17) is 4.98 Å². The van der Waals surface area contributed by atoms with Crippen molar-refractivity contribution < 1.29 is 32.7 Å². The first-order valence-corrected chi connectivity index (χ1v) is 15.9. The van der Waals surface area contributed by atoms with Crippen LogP contribution >= 0.6 is 11.3 Å². The average molecular weight is 627 g/mol. The van der Waals surface area contributed by atoms with E-state index in [1.54, 1.807) is 33.5 Å². The number of nitrogens with zero attached hydrogens (tertiary/aromatic N) is 4. The highest BCUT2D eigenvalue weighted by molar-refractivity contribution is 7.14. The molecule has 2 saturated carbocycles. The number of alkyl halides is 3. The van der Waals surface area contributed by atoms with Gasteiger partial charge in [0.05, 0.1) is 17.7 Å². The topological polar surface area (TPSA) is 104 Å². The van der Waals surface area contributed by atoms with E-state index in [9.17, 15) is 32.7 Å². The predicted octanol–water partition coefficient (Wildman–Crippen LogP) is 7.18. The van der Waals surface area contributed by atoms with E-state index in [0.717, 1.165) is 57.1 Å². The van der Waals surface area contributed by atoms with Gasteiger partial charge in [-0.25, -0.2) is 9.97 Å². The first-order valence-electron chi connectivity index (χ1n) is 15.1. The Morgan fingerprint density at radius 1 is 1.07 bits per heavy atom. The molecule has 1 aliphatic heterocycles. The van der Waals surface area contributed by atoms with Gasteiger partial charge in [0, 0.05) is 47.6 Å². The number of anilines is 2. The second kappa shape index (κ2) is 12.3. The number of carbonyl (C=O) groups excluding carboxylic acids is 2. The van der Waals surface area contributed by atoms with E-state index in [-0.39, 0.29) is 35.5 Å². The number of rotatable bonds is 10. The number of carbonyl (C=O) groups is 3. The van der Waals surface area contributed by atoms with Crippen molar-refractivity contribution in [1.82, 2.24) is 9.97 Å². The van der Waals surface area contributed by atoms with Crippen molar-refractivity contribution in [1.29, 1.82) is 0 Å². The Balaban J connectivity index is 1.33. The Kier molecular flexibility index (Phi) is 8.45. The quantitative estimate of drug-likeness (QED) is 0.256. The zero-order chi connectivity index (χ0) is 31.0. The predicted molar refractivity (Wildman–Crippen MR) is 160 cm³/mol. The first-order chi connectivity index (χ1) is 21.1. The number of benzene rings is 1. The molecule has 0 spiro atoms. The molecular formula is C32H33F3N4O4S. The van der Waals surface area contributed by atoms with Crippen LogP contribution in [-0.4, -0.2) is 45.4 Å². The molecule has 1 unspecified atom stereocenters. The standard InChI is InChI=1S/C32H33F3N4O4S/c33-32(34,35)22-8-11-24(20-7-12-27(36-17-20)38-13-3-6-28(38)40)25(16-22)26-18-44-31(37-26)39(23-9-10-23)30(43)21(15-29(41)42)14-19-4-1-2-5-19/h7-8,11-12,16-19,21,23H,1-6,9-10,13-15H2,(H,41,42). The highest BCUT2D eigenvalue weighted by atomic mass is 32.1. The van der Waals surface area contributed by atoms with Crippen LogP contribution in [0.2, 0.25) is 0 Å². The van der Waals surface area contributed by atoms with Gasteiger partial charge < -0.3 is 5.11 Å². The molecule has 2 aliphatic carbocycles. The molecule has 1 atom stereocenters. The lowest BCUT2D eigenvalue weighted by atomic mass is 9.90. The van der Waals surface area contributed by atoms with Gasteiger partial charge >= 0.3 is 12.1 Å². The lowest BCUT2D eigenvalue weighted by Crippen LogP contribution is -2.39. The van der Waals surface area contributed by atoms with Crippen molar-refractivity contribution in [3.8, 4) is 22.4 Å². The summed E-state index contributed by atoms with van der Waals surface area (Å²) in [4.78, 5) is 50.1. The zero-order valence-electron chi connectivity index (χ0n) is 24.1. The second-order valence-corrected chi connectivity index (χ2v) is 12.8. The number of carboxylic acids is 1. The van der Waals surface area contributed by atoms with Crippen molar-refractivity contribution >= 4 is 40.1 Å². The highest BCUT2D eigenvalue weighted by Crippen LogP contribution is 2.42. The number of hydrogen-bond donors (Lipinski definition) is 1. The van der Waals surface area contributed by atoms with Gasteiger partial charge in [-0.2, -0.15) is 13.2 Å². The Bertz CT molecular complexity index is 1550. The first kappa shape index (κ1) is 30.2. The van der Waals surface area contributed by atoms with Gasteiger partial charge in [0.15, 0.2) is 5.13 Å². The monoisotopic (exact) mass is 626 g/mol. The van der Waals surface area contributed by atoms with Gasteiger partial charge in [0.25, 0.3) is 0 Å². The maximum atomic E-state index is 13.9. The van der Waals surface area contributed by atoms with Gasteiger partial charge in [0.2, 0.25) is 11.8 Å². The molecule has 232 valence electrons. The van der Waals surface area contributed by atoms with E-state index < -0.39 is 23.6 Å². The van der Waals surface area contributed by atoms with Crippen LogP contribution in [-0.2, 0) is 20.6 Å². The van der Waals surface area contributed by atoms with Crippen LogP contribution in [0, 0.1) is 11.8 Å². The van der Waals surface area contributed by atoms with Crippen LogP contribution in [0.1, 0.15) is 69.8 Å². The van der Waals surface area contributed by atoms with Crippen molar-refractivity contribution in [3.63, 3.8) is 0 Å². The molecule has 2 aromatic heterocycles. The molecule has 1 N–H and O–H groups in total. The highest BCUT2D eigenvalue weighted by Gasteiger charge is 2.40. The van der Waals surface area contributed by atoms with Crippen LogP contribution in [0.25, 0.3) is 22.4 Å². The number of amides is 2. The summed E-state index contributed by atoms with van der Waals surface area (Å²) >= 11 is 1.17. The number of pyridine rings is 1. The van der Waals surface area contributed by atoms with E-state index in [1.807, 2.05) is 0 Å². The Labute approximate surface area is 256 Å². The normalized spacial score (nSPS) is 18.2. The van der Waals surface area contributed by atoms with Gasteiger partial charge in [-0.05, 0) is 61.4 Å². The van der Waals surface area contributed by atoms with E-state index in [0.29, 0.717) is 47.4 Å². The van der Waals surface area contributed by atoms with E-state index in [1.165, 1.54) is 17.4 Å². The molecule has 12 heteroatoms. The minimum absolute atomic E-state index is 0.0147. The molecule has 2 amide bonds. The third kappa shape index (κ3) is 6.50. The molecular weight excluding hydrogens is 593 g/mol. The van der Waals surface area contributed by atoms with Crippen LogP contribution in [0.3, 0.4) is 0 Å². The molecule has 3 aromatic rings. The number of thiazole rings is 1. The van der Waals surface area contributed by atoms with Crippen molar-refractivity contribution in [3.05, 3.63) is 47.5 Å². The van der Waals surface area contributed by atoms with Gasteiger partial charge in [-0.1, -0.05) is 31.7 Å². The van der Waals surface area contributed by atoms with Crippen LogP contribution < -0.4 is 9.80 Å². The molecule has 0 radical (unpaired) electrons. The Hall–Kier alpha value is -3.80. The number of carboxylic acid groups (broad SMARTS) is 1. The lowest BCUT2D eigenvalue weighted by Gasteiger charge is -2.26. The van der Waals surface area contributed by atoms with Crippen molar-refractivity contribution in [2.45, 2.75) is 76.4 Å². The molecule has 8 nitrogen and oxygen atoms in total. The largest absolute Gasteiger partial charge is 0.481 e. The minimum atomic E-state index is -4.58. The number of halogens is 3. The molecule has 0 bridgehead atoms. The molecule has 3 heterocycles. The summed E-state index contributed by atoms with van der Waals surface area (Å²) in [6, 6.07) is 6.78. The summed E-state index contributed by atoms with van der Waals surface area (Å²) in [6.07, 6.45) is 4.05. The van der Waals surface area contributed by atoms with Gasteiger partial charge in [0.1, 0.15) is 5.82 Å². The second-order valence-electron chi connectivity index (χ2n) is 11.9.